The molecule has 1 aliphatic rings. The number of hydrogen-bond donors (Lipinski definition) is 2. The number of nitrogen functional groups attached to an aromatic ring is 1. The molecule has 1 heterocycles. The maximum atomic E-state index is 12.1. The summed E-state index contributed by atoms with van der Waals surface area (Å²) < 4.78 is 0. The number of carbonyl (C=O) groups excluding carboxylic acids is 1. The molecule has 0 bridgehead atoms. The number of amides is 1. The number of anilines is 2. The van der Waals surface area contributed by atoms with Crippen molar-refractivity contribution in [3.8, 4) is 0 Å². The summed E-state index contributed by atoms with van der Waals surface area (Å²) in [6, 6.07) is 0.676. The molecule has 0 aliphatic heterocycles. The molecule has 5 nitrogen and oxygen atoms in total. The van der Waals surface area contributed by atoms with Crippen molar-refractivity contribution in [1.82, 2.24) is 9.88 Å². The minimum absolute atomic E-state index is 0.0566. The molecule has 3 N–H and O–H groups in total. The molecule has 1 saturated carbocycles. The molecule has 94 valence electrons. The molecule has 1 fully saturated rings. The second-order valence-electron chi connectivity index (χ2n) is 4.66. The van der Waals surface area contributed by atoms with E-state index in [2.05, 4.69) is 10.3 Å². The van der Waals surface area contributed by atoms with E-state index in [0.717, 1.165) is 5.13 Å². The van der Waals surface area contributed by atoms with Gasteiger partial charge in [-0.2, -0.15) is 0 Å². The van der Waals surface area contributed by atoms with Crippen molar-refractivity contribution in [3.63, 3.8) is 0 Å². The van der Waals surface area contributed by atoms with Gasteiger partial charge >= 0.3 is 0 Å². The lowest BCUT2D eigenvalue weighted by Crippen LogP contribution is -2.32. The zero-order valence-electron chi connectivity index (χ0n) is 10.4. The highest BCUT2D eigenvalue weighted by Crippen LogP contribution is 2.31. The molecule has 1 amide bonds. The van der Waals surface area contributed by atoms with E-state index in [4.69, 9.17) is 5.73 Å². The van der Waals surface area contributed by atoms with E-state index in [-0.39, 0.29) is 11.9 Å². The van der Waals surface area contributed by atoms with Crippen LogP contribution in [0.3, 0.4) is 0 Å². The molecule has 0 radical (unpaired) electrons. The third kappa shape index (κ3) is 2.69. The molecular formula is C11H18N4OS. The van der Waals surface area contributed by atoms with E-state index in [9.17, 15) is 4.79 Å². The normalized spacial score (nSPS) is 15.1. The van der Waals surface area contributed by atoms with Crippen LogP contribution in [0.25, 0.3) is 0 Å². The van der Waals surface area contributed by atoms with E-state index < -0.39 is 0 Å². The highest BCUT2D eigenvalue weighted by molar-refractivity contribution is 7.18. The van der Waals surface area contributed by atoms with Gasteiger partial charge in [0, 0.05) is 19.1 Å². The SMILES string of the molecule is CC(C)N(C)C(=O)c1sc(NC2CC2)nc1N. The van der Waals surface area contributed by atoms with E-state index in [1.54, 1.807) is 11.9 Å². The number of hydrogen-bond acceptors (Lipinski definition) is 5. The Morgan fingerprint density at radius 2 is 2.24 bits per heavy atom. The number of carbonyl (C=O) groups is 1. The van der Waals surface area contributed by atoms with Crippen LogP contribution in [-0.4, -0.2) is 34.9 Å². The van der Waals surface area contributed by atoms with Crippen molar-refractivity contribution in [2.75, 3.05) is 18.1 Å². The van der Waals surface area contributed by atoms with Crippen molar-refractivity contribution in [2.24, 2.45) is 0 Å². The Morgan fingerprint density at radius 3 is 2.76 bits per heavy atom. The molecule has 1 aromatic rings. The fraction of sp³-hybridized carbons (Fsp3) is 0.636. The van der Waals surface area contributed by atoms with E-state index in [0.29, 0.717) is 16.7 Å². The number of nitrogens with one attached hydrogen (secondary N) is 1. The van der Waals surface area contributed by atoms with Crippen LogP contribution >= 0.6 is 11.3 Å². The molecule has 0 unspecified atom stereocenters. The van der Waals surface area contributed by atoms with Gasteiger partial charge in [-0.3, -0.25) is 4.79 Å². The fourth-order valence-electron chi connectivity index (χ4n) is 1.34. The average molecular weight is 254 g/mol. The van der Waals surface area contributed by atoms with Gasteiger partial charge in [0.15, 0.2) is 5.13 Å². The highest BCUT2D eigenvalue weighted by Gasteiger charge is 2.25. The minimum atomic E-state index is -0.0566. The first kappa shape index (κ1) is 12.2. The topological polar surface area (TPSA) is 71.2 Å². The number of aromatic nitrogens is 1. The van der Waals surface area contributed by atoms with E-state index in [1.807, 2.05) is 13.8 Å². The average Bonchev–Trinajstić information content (AvgIpc) is 2.99. The Kier molecular flexibility index (Phi) is 3.24. The van der Waals surface area contributed by atoms with Gasteiger partial charge in [-0.15, -0.1) is 0 Å². The van der Waals surface area contributed by atoms with Crippen LogP contribution in [0, 0.1) is 0 Å². The van der Waals surface area contributed by atoms with Gasteiger partial charge in [0.2, 0.25) is 0 Å². The second kappa shape index (κ2) is 4.52. The largest absolute Gasteiger partial charge is 0.382 e. The third-order valence-corrected chi connectivity index (χ3v) is 3.84. The maximum absolute atomic E-state index is 12.1. The van der Waals surface area contributed by atoms with Gasteiger partial charge in [-0.1, -0.05) is 11.3 Å². The fourth-order valence-corrected chi connectivity index (χ4v) is 2.29. The molecule has 0 saturated heterocycles. The van der Waals surface area contributed by atoms with Crippen LogP contribution < -0.4 is 11.1 Å². The van der Waals surface area contributed by atoms with Crippen LogP contribution in [0.5, 0.6) is 0 Å². The molecule has 0 spiro atoms. The summed E-state index contributed by atoms with van der Waals surface area (Å²) in [7, 11) is 1.78. The monoisotopic (exact) mass is 254 g/mol. The molecular weight excluding hydrogens is 236 g/mol. The first-order chi connectivity index (χ1) is 7.99. The van der Waals surface area contributed by atoms with Crippen LogP contribution in [0.4, 0.5) is 10.9 Å². The highest BCUT2D eigenvalue weighted by atomic mass is 32.1. The van der Waals surface area contributed by atoms with Crippen LogP contribution in [0.2, 0.25) is 0 Å². The zero-order chi connectivity index (χ0) is 12.6. The summed E-state index contributed by atoms with van der Waals surface area (Å²) in [4.78, 5) is 18.5. The molecule has 0 atom stereocenters. The van der Waals surface area contributed by atoms with Gasteiger partial charge < -0.3 is 16.0 Å². The Bertz CT molecular complexity index is 425. The molecule has 1 aromatic heterocycles. The van der Waals surface area contributed by atoms with Crippen LogP contribution in [0.15, 0.2) is 0 Å². The van der Waals surface area contributed by atoms with E-state index in [1.165, 1.54) is 24.2 Å². The van der Waals surface area contributed by atoms with Gasteiger partial charge in [0.1, 0.15) is 10.7 Å². The predicted octanol–water partition coefficient (Wildman–Crippen LogP) is 1.78. The first-order valence-electron chi connectivity index (χ1n) is 5.79. The van der Waals surface area contributed by atoms with Gasteiger partial charge in [0.05, 0.1) is 0 Å². The molecule has 0 aromatic carbocycles. The molecule has 2 rings (SSSR count). The Balaban J connectivity index is 2.13. The Morgan fingerprint density at radius 1 is 1.59 bits per heavy atom. The lowest BCUT2D eigenvalue weighted by Gasteiger charge is -2.20. The standard InChI is InChI=1S/C11H18N4OS/c1-6(2)15(3)10(16)8-9(12)14-11(17-8)13-7-4-5-7/h6-7H,4-5,12H2,1-3H3,(H,13,14). The second-order valence-corrected chi connectivity index (χ2v) is 5.66. The van der Waals surface area contributed by atoms with Gasteiger partial charge in [-0.25, -0.2) is 4.98 Å². The molecule has 1 aliphatic carbocycles. The third-order valence-electron chi connectivity index (χ3n) is 2.85. The van der Waals surface area contributed by atoms with Crippen LogP contribution in [-0.2, 0) is 0 Å². The summed E-state index contributed by atoms with van der Waals surface area (Å²) in [5.74, 6) is 0.273. The van der Waals surface area contributed by atoms with Crippen molar-refractivity contribution >= 4 is 28.2 Å². The van der Waals surface area contributed by atoms with Crippen molar-refractivity contribution in [2.45, 2.75) is 38.8 Å². The van der Waals surface area contributed by atoms with Crippen molar-refractivity contribution < 1.29 is 4.79 Å². The summed E-state index contributed by atoms with van der Waals surface area (Å²) in [5.41, 5.74) is 5.79. The Labute approximate surface area is 105 Å². The van der Waals surface area contributed by atoms with Crippen LogP contribution in [0.1, 0.15) is 36.4 Å². The van der Waals surface area contributed by atoms with Crippen molar-refractivity contribution in [1.29, 1.82) is 0 Å². The van der Waals surface area contributed by atoms with Crippen molar-refractivity contribution in [3.05, 3.63) is 4.88 Å². The summed E-state index contributed by atoms with van der Waals surface area (Å²) in [5, 5.41) is 4.01. The summed E-state index contributed by atoms with van der Waals surface area (Å²) in [6.07, 6.45) is 2.35. The Hall–Kier alpha value is -1.30. The summed E-state index contributed by atoms with van der Waals surface area (Å²) in [6.45, 7) is 3.94. The number of thiazole rings is 1. The van der Waals surface area contributed by atoms with Gasteiger partial charge in [0.25, 0.3) is 5.91 Å². The number of nitrogens with zero attached hydrogens (tertiary/aromatic N) is 2. The van der Waals surface area contributed by atoms with E-state index >= 15 is 0 Å². The smallest absolute Gasteiger partial charge is 0.267 e. The predicted molar refractivity (Wildman–Crippen MR) is 70.4 cm³/mol. The molecule has 17 heavy (non-hydrogen) atoms. The summed E-state index contributed by atoms with van der Waals surface area (Å²) >= 11 is 1.34. The first-order valence-corrected chi connectivity index (χ1v) is 6.60. The zero-order valence-corrected chi connectivity index (χ0v) is 11.2. The van der Waals surface area contributed by atoms with Gasteiger partial charge in [-0.05, 0) is 26.7 Å². The number of nitrogens with two attached hydrogens (primary N) is 1. The lowest BCUT2D eigenvalue weighted by molar-refractivity contribution is 0.0760. The molecule has 6 heteroatoms. The number of rotatable bonds is 4. The quantitative estimate of drug-likeness (QED) is 0.859. The maximum Gasteiger partial charge on any atom is 0.267 e. The lowest BCUT2D eigenvalue weighted by atomic mass is 10.3. The minimum Gasteiger partial charge on any atom is -0.382 e.